The second-order valence-electron chi connectivity index (χ2n) is 6.90. The molecule has 1 saturated heterocycles. The van der Waals surface area contributed by atoms with Gasteiger partial charge in [-0.25, -0.2) is 0 Å². The minimum Gasteiger partial charge on any atom is -0.345 e. The summed E-state index contributed by atoms with van der Waals surface area (Å²) in [6, 6.07) is 8.20. The third-order valence-electron chi connectivity index (χ3n) is 5.41. The number of benzene rings is 1. The fourth-order valence-corrected chi connectivity index (χ4v) is 4.43. The van der Waals surface area contributed by atoms with Crippen LogP contribution in [0.15, 0.2) is 24.4 Å². The number of hydrogen-bond acceptors (Lipinski definition) is 1. The van der Waals surface area contributed by atoms with Crippen LogP contribution in [0.5, 0.6) is 0 Å². The quantitative estimate of drug-likeness (QED) is 0.760. The molecule has 2 heterocycles. The van der Waals surface area contributed by atoms with E-state index in [0.29, 0.717) is 12.1 Å². The lowest BCUT2D eigenvalue weighted by molar-refractivity contribution is 0.157. The zero-order valence-electron chi connectivity index (χ0n) is 12.8. The number of piperidine rings is 1. The summed E-state index contributed by atoms with van der Waals surface area (Å²) in [4.78, 5) is 2.59. The molecule has 1 aliphatic carbocycles. The van der Waals surface area contributed by atoms with Crippen LogP contribution in [0.3, 0.4) is 0 Å². The predicted octanol–water partition coefficient (Wildman–Crippen LogP) is 3.96. The Balaban J connectivity index is 1.95. The Bertz CT molecular complexity index is 653. The number of nitrogens with zero attached hydrogens (tertiary/aromatic N) is 2. The SMILES string of the molecule is CC(C)n1cc2c3c(cccc31)C1CCCN(C)[C@@H]1C2. The average molecular weight is 268 g/mol. The molecule has 4 rings (SSSR count). The lowest BCUT2D eigenvalue weighted by Crippen LogP contribution is -2.44. The van der Waals surface area contributed by atoms with E-state index in [0.717, 1.165) is 5.92 Å². The molecule has 2 nitrogen and oxygen atoms in total. The van der Waals surface area contributed by atoms with Gasteiger partial charge in [0.05, 0.1) is 0 Å². The van der Waals surface area contributed by atoms with E-state index in [4.69, 9.17) is 0 Å². The number of likely N-dealkylation sites (tertiary alicyclic amines) is 1. The summed E-state index contributed by atoms with van der Waals surface area (Å²) in [6.07, 6.45) is 6.35. The van der Waals surface area contributed by atoms with Crippen molar-refractivity contribution in [2.45, 2.75) is 51.1 Å². The van der Waals surface area contributed by atoms with E-state index in [1.165, 1.54) is 31.3 Å². The van der Waals surface area contributed by atoms with Crippen molar-refractivity contribution in [2.24, 2.45) is 0 Å². The fraction of sp³-hybridized carbons (Fsp3) is 0.556. The summed E-state index contributed by atoms with van der Waals surface area (Å²) in [7, 11) is 2.31. The molecule has 1 fully saturated rings. The molecule has 0 amide bonds. The fourth-order valence-electron chi connectivity index (χ4n) is 4.43. The number of fused-ring (bicyclic) bond motifs is 2. The monoisotopic (exact) mass is 268 g/mol. The molecule has 2 heteroatoms. The highest BCUT2D eigenvalue weighted by Crippen LogP contribution is 2.44. The highest BCUT2D eigenvalue weighted by atomic mass is 15.1. The van der Waals surface area contributed by atoms with Crippen LogP contribution in [0.25, 0.3) is 10.9 Å². The maximum absolute atomic E-state index is 2.59. The van der Waals surface area contributed by atoms with Crippen LogP contribution in [0.2, 0.25) is 0 Å². The van der Waals surface area contributed by atoms with Crippen molar-refractivity contribution in [3.8, 4) is 0 Å². The Morgan fingerprint density at radius 1 is 1.25 bits per heavy atom. The zero-order chi connectivity index (χ0) is 13.9. The van der Waals surface area contributed by atoms with Gasteiger partial charge in [-0.15, -0.1) is 0 Å². The van der Waals surface area contributed by atoms with Gasteiger partial charge in [-0.1, -0.05) is 12.1 Å². The van der Waals surface area contributed by atoms with Gasteiger partial charge in [0.25, 0.3) is 0 Å². The molecular weight excluding hydrogens is 244 g/mol. The Kier molecular flexibility index (Phi) is 2.71. The number of likely N-dealkylation sites (N-methyl/N-ethyl adjacent to an activating group) is 1. The standard InChI is InChI=1S/C18H24N2/c1-12(2)20-11-13-10-17-14(7-5-9-19(17)3)15-6-4-8-16(20)18(13)15/h4,6,8,11-12,14,17H,5,7,9-10H2,1-3H3/t14?,17-/m1/s1. The molecule has 2 atom stereocenters. The van der Waals surface area contributed by atoms with Gasteiger partial charge in [0, 0.05) is 35.1 Å². The largest absolute Gasteiger partial charge is 0.345 e. The molecule has 1 aromatic heterocycles. The van der Waals surface area contributed by atoms with Gasteiger partial charge < -0.3 is 9.47 Å². The van der Waals surface area contributed by atoms with Crippen LogP contribution in [-0.4, -0.2) is 29.1 Å². The van der Waals surface area contributed by atoms with Gasteiger partial charge in [-0.05, 0) is 63.9 Å². The summed E-state index contributed by atoms with van der Waals surface area (Å²) in [5, 5.41) is 1.57. The number of rotatable bonds is 1. The molecule has 0 N–H and O–H groups in total. The van der Waals surface area contributed by atoms with E-state index < -0.39 is 0 Å². The average Bonchev–Trinajstić information content (AvgIpc) is 2.81. The van der Waals surface area contributed by atoms with Crippen LogP contribution in [-0.2, 0) is 6.42 Å². The topological polar surface area (TPSA) is 8.17 Å². The molecule has 1 aliphatic heterocycles. The van der Waals surface area contributed by atoms with Crippen LogP contribution < -0.4 is 0 Å². The molecule has 20 heavy (non-hydrogen) atoms. The van der Waals surface area contributed by atoms with E-state index >= 15 is 0 Å². The minimum atomic E-state index is 0.541. The lowest BCUT2D eigenvalue weighted by Gasteiger charge is -2.42. The van der Waals surface area contributed by atoms with Crippen LogP contribution >= 0.6 is 0 Å². The van der Waals surface area contributed by atoms with Gasteiger partial charge >= 0.3 is 0 Å². The van der Waals surface area contributed by atoms with Crippen molar-refractivity contribution in [1.82, 2.24) is 9.47 Å². The van der Waals surface area contributed by atoms with E-state index in [9.17, 15) is 0 Å². The first-order chi connectivity index (χ1) is 9.66. The zero-order valence-corrected chi connectivity index (χ0v) is 12.8. The molecule has 106 valence electrons. The third kappa shape index (κ3) is 1.61. The van der Waals surface area contributed by atoms with Crippen LogP contribution in [0.1, 0.15) is 49.8 Å². The second-order valence-corrected chi connectivity index (χ2v) is 6.90. The predicted molar refractivity (Wildman–Crippen MR) is 84.4 cm³/mol. The molecule has 1 aromatic carbocycles. The normalized spacial score (nSPS) is 26.2. The maximum atomic E-state index is 2.59. The van der Waals surface area contributed by atoms with Gasteiger partial charge in [-0.3, -0.25) is 0 Å². The van der Waals surface area contributed by atoms with Crippen molar-refractivity contribution < 1.29 is 0 Å². The molecular formula is C18H24N2. The van der Waals surface area contributed by atoms with Gasteiger partial charge in [0.1, 0.15) is 0 Å². The first-order valence-corrected chi connectivity index (χ1v) is 7.99. The van der Waals surface area contributed by atoms with Crippen molar-refractivity contribution >= 4 is 10.9 Å². The highest BCUT2D eigenvalue weighted by Gasteiger charge is 2.36. The molecule has 0 spiro atoms. The van der Waals surface area contributed by atoms with Crippen LogP contribution in [0, 0.1) is 0 Å². The summed E-state index contributed by atoms with van der Waals surface area (Å²) in [5.74, 6) is 0.743. The Hall–Kier alpha value is -1.28. The van der Waals surface area contributed by atoms with Gasteiger partial charge in [0.2, 0.25) is 0 Å². The van der Waals surface area contributed by atoms with Crippen molar-refractivity contribution in [2.75, 3.05) is 13.6 Å². The second kappa shape index (κ2) is 4.36. The maximum Gasteiger partial charge on any atom is 0.0488 e. The molecule has 2 aliphatic rings. The molecule has 0 radical (unpaired) electrons. The van der Waals surface area contributed by atoms with Gasteiger partial charge in [-0.2, -0.15) is 0 Å². The summed E-state index contributed by atoms with van der Waals surface area (Å²) < 4.78 is 2.46. The van der Waals surface area contributed by atoms with E-state index in [1.54, 1.807) is 16.5 Å². The highest BCUT2D eigenvalue weighted by molar-refractivity contribution is 5.89. The summed E-state index contributed by atoms with van der Waals surface area (Å²) >= 11 is 0. The third-order valence-corrected chi connectivity index (χ3v) is 5.41. The molecule has 1 unspecified atom stereocenters. The Labute approximate surface area is 121 Å². The summed E-state index contributed by atoms with van der Waals surface area (Å²) in [5.41, 5.74) is 4.62. The first-order valence-electron chi connectivity index (χ1n) is 7.99. The molecule has 0 saturated carbocycles. The van der Waals surface area contributed by atoms with Crippen molar-refractivity contribution in [3.63, 3.8) is 0 Å². The summed E-state index contributed by atoms with van der Waals surface area (Å²) in [6.45, 7) is 5.83. The van der Waals surface area contributed by atoms with E-state index in [-0.39, 0.29) is 0 Å². The molecule has 0 bridgehead atoms. The lowest BCUT2D eigenvalue weighted by atomic mass is 9.75. The Morgan fingerprint density at radius 3 is 2.90 bits per heavy atom. The van der Waals surface area contributed by atoms with E-state index in [1.807, 2.05) is 0 Å². The Morgan fingerprint density at radius 2 is 2.10 bits per heavy atom. The van der Waals surface area contributed by atoms with Gasteiger partial charge in [0.15, 0.2) is 0 Å². The van der Waals surface area contributed by atoms with E-state index in [2.05, 4.69) is 54.8 Å². The minimum absolute atomic E-state index is 0.541. The van der Waals surface area contributed by atoms with Crippen molar-refractivity contribution in [1.29, 1.82) is 0 Å². The number of aromatic nitrogens is 1. The number of hydrogen-bond donors (Lipinski definition) is 0. The van der Waals surface area contributed by atoms with Crippen LogP contribution in [0.4, 0.5) is 0 Å². The molecule has 2 aromatic rings. The van der Waals surface area contributed by atoms with Crippen molar-refractivity contribution in [3.05, 3.63) is 35.5 Å². The smallest absolute Gasteiger partial charge is 0.0488 e. The first kappa shape index (κ1) is 12.5.